The lowest BCUT2D eigenvalue weighted by molar-refractivity contribution is -0.122. The first-order valence-corrected chi connectivity index (χ1v) is 9.65. The zero-order valence-corrected chi connectivity index (χ0v) is 16.4. The van der Waals surface area contributed by atoms with Crippen molar-refractivity contribution in [3.05, 3.63) is 77.2 Å². The maximum Gasteiger partial charge on any atom is 0.293 e. The molecule has 0 atom stereocenters. The third-order valence-electron chi connectivity index (χ3n) is 4.18. The molecule has 0 N–H and O–H groups in total. The van der Waals surface area contributed by atoms with Gasteiger partial charge in [0.2, 0.25) is 0 Å². The Labute approximate surface area is 168 Å². The summed E-state index contributed by atoms with van der Waals surface area (Å²) in [6, 6.07) is 15.2. The lowest BCUT2D eigenvalue weighted by atomic mass is 10.1. The molecule has 0 unspecified atom stereocenters. The number of imide groups is 1. The van der Waals surface area contributed by atoms with Gasteiger partial charge in [0.25, 0.3) is 11.1 Å². The van der Waals surface area contributed by atoms with E-state index in [0.717, 1.165) is 22.9 Å². The minimum atomic E-state index is -0.267. The molecule has 0 aliphatic carbocycles. The van der Waals surface area contributed by atoms with Crippen LogP contribution in [0.1, 0.15) is 11.1 Å². The molecule has 1 fully saturated rings. The minimum absolute atomic E-state index is 0.245. The molecule has 1 aliphatic heterocycles. The maximum atomic E-state index is 12.7. The lowest BCUT2D eigenvalue weighted by Gasteiger charge is -2.12. The Morgan fingerprint density at radius 1 is 1.11 bits per heavy atom. The summed E-state index contributed by atoms with van der Waals surface area (Å²) in [4.78, 5) is 26.6. The predicted molar refractivity (Wildman–Crippen MR) is 112 cm³/mol. The molecular formula is C22H21NO4S. The maximum absolute atomic E-state index is 12.7. The third-order valence-corrected chi connectivity index (χ3v) is 5.09. The summed E-state index contributed by atoms with van der Waals surface area (Å²) in [5.41, 5.74) is 1.85. The van der Waals surface area contributed by atoms with Crippen LogP contribution in [0.4, 0.5) is 4.79 Å². The molecule has 2 amide bonds. The molecule has 6 heteroatoms. The number of hydrogen-bond donors (Lipinski definition) is 0. The van der Waals surface area contributed by atoms with E-state index in [0.29, 0.717) is 36.0 Å². The molecule has 0 spiro atoms. The second-order valence-electron chi connectivity index (χ2n) is 6.08. The van der Waals surface area contributed by atoms with Crippen molar-refractivity contribution >= 4 is 29.0 Å². The van der Waals surface area contributed by atoms with Crippen molar-refractivity contribution in [1.82, 2.24) is 4.90 Å². The van der Waals surface area contributed by atoms with Crippen LogP contribution in [-0.4, -0.2) is 36.3 Å². The average molecular weight is 395 g/mol. The molecule has 2 aromatic rings. The number of thioether (sulfide) groups is 1. The summed E-state index contributed by atoms with van der Waals surface area (Å²) < 4.78 is 10.9. The van der Waals surface area contributed by atoms with Gasteiger partial charge in [0.1, 0.15) is 6.61 Å². The fraction of sp³-hybridized carbons (Fsp3) is 0.182. The monoisotopic (exact) mass is 395 g/mol. The van der Waals surface area contributed by atoms with Crippen LogP contribution in [0, 0.1) is 0 Å². The van der Waals surface area contributed by atoms with Gasteiger partial charge in [-0.2, -0.15) is 0 Å². The van der Waals surface area contributed by atoms with E-state index in [-0.39, 0.29) is 11.1 Å². The number of hydrogen-bond acceptors (Lipinski definition) is 5. The van der Waals surface area contributed by atoms with Gasteiger partial charge in [-0.05, 0) is 47.5 Å². The molecule has 5 nitrogen and oxygen atoms in total. The lowest BCUT2D eigenvalue weighted by Crippen LogP contribution is -2.30. The smallest absolute Gasteiger partial charge is 0.293 e. The van der Waals surface area contributed by atoms with Gasteiger partial charge < -0.3 is 9.47 Å². The SMILES string of the molecule is C=CCOc1ccc(/C=C2\SC(=O)N(CCc3ccccc3)C2=O)cc1OC. The normalized spacial score (nSPS) is 15.2. The van der Waals surface area contributed by atoms with Gasteiger partial charge in [0.05, 0.1) is 12.0 Å². The first-order chi connectivity index (χ1) is 13.6. The molecule has 0 radical (unpaired) electrons. The number of amides is 2. The number of carbonyl (C=O) groups excluding carboxylic acids is 2. The van der Waals surface area contributed by atoms with E-state index in [2.05, 4.69) is 6.58 Å². The molecule has 0 saturated carbocycles. The number of nitrogens with zero attached hydrogens (tertiary/aromatic N) is 1. The second-order valence-corrected chi connectivity index (χ2v) is 7.07. The van der Waals surface area contributed by atoms with Crippen molar-refractivity contribution in [3.8, 4) is 11.5 Å². The van der Waals surface area contributed by atoms with Crippen LogP contribution < -0.4 is 9.47 Å². The van der Waals surface area contributed by atoms with Crippen molar-refractivity contribution in [1.29, 1.82) is 0 Å². The number of ether oxygens (including phenoxy) is 2. The summed E-state index contributed by atoms with van der Waals surface area (Å²) in [5.74, 6) is 0.881. The van der Waals surface area contributed by atoms with Crippen LogP contribution in [0.3, 0.4) is 0 Å². The van der Waals surface area contributed by atoms with Crippen molar-refractivity contribution in [2.75, 3.05) is 20.3 Å². The molecule has 1 aliphatic rings. The molecule has 2 aromatic carbocycles. The number of benzene rings is 2. The van der Waals surface area contributed by atoms with E-state index in [1.165, 1.54) is 4.90 Å². The van der Waals surface area contributed by atoms with Crippen LogP contribution in [0.2, 0.25) is 0 Å². The van der Waals surface area contributed by atoms with Gasteiger partial charge in [-0.3, -0.25) is 14.5 Å². The highest BCUT2D eigenvalue weighted by Gasteiger charge is 2.34. The zero-order valence-electron chi connectivity index (χ0n) is 15.6. The first kappa shape index (κ1) is 19.8. The van der Waals surface area contributed by atoms with Crippen LogP contribution in [0.5, 0.6) is 11.5 Å². The molecule has 0 bridgehead atoms. The highest BCUT2D eigenvalue weighted by atomic mass is 32.2. The summed E-state index contributed by atoms with van der Waals surface area (Å²) in [5, 5.41) is -0.245. The van der Waals surface area contributed by atoms with E-state index in [4.69, 9.17) is 9.47 Å². The minimum Gasteiger partial charge on any atom is -0.493 e. The largest absolute Gasteiger partial charge is 0.493 e. The van der Waals surface area contributed by atoms with Gasteiger partial charge >= 0.3 is 0 Å². The van der Waals surface area contributed by atoms with Crippen molar-refractivity contribution in [3.63, 3.8) is 0 Å². The highest BCUT2D eigenvalue weighted by Crippen LogP contribution is 2.34. The van der Waals surface area contributed by atoms with E-state index in [1.54, 1.807) is 31.4 Å². The summed E-state index contributed by atoms with van der Waals surface area (Å²) in [6.07, 6.45) is 3.99. The van der Waals surface area contributed by atoms with E-state index in [9.17, 15) is 9.59 Å². The van der Waals surface area contributed by atoms with Gasteiger partial charge in [-0.1, -0.05) is 49.1 Å². The average Bonchev–Trinajstić information content (AvgIpc) is 2.98. The molecule has 1 saturated heterocycles. The summed E-state index contributed by atoms with van der Waals surface area (Å²) in [6.45, 7) is 4.36. The first-order valence-electron chi connectivity index (χ1n) is 8.83. The topological polar surface area (TPSA) is 55.8 Å². The van der Waals surface area contributed by atoms with Gasteiger partial charge in [0, 0.05) is 6.54 Å². The molecule has 144 valence electrons. The fourth-order valence-corrected chi connectivity index (χ4v) is 3.64. The molecule has 1 heterocycles. The van der Waals surface area contributed by atoms with Crippen LogP contribution in [0.25, 0.3) is 6.08 Å². The molecule has 3 rings (SSSR count). The standard InChI is InChI=1S/C22H21NO4S/c1-3-13-27-18-10-9-17(14-19(18)26-2)15-20-21(24)23(22(25)28-20)12-11-16-7-5-4-6-8-16/h3-10,14-15H,1,11-13H2,2H3/b20-15-. The Hall–Kier alpha value is -2.99. The third kappa shape index (κ3) is 4.64. The van der Waals surface area contributed by atoms with Crippen LogP contribution in [-0.2, 0) is 11.2 Å². The predicted octanol–water partition coefficient (Wildman–Crippen LogP) is 4.54. The Bertz CT molecular complexity index is 908. The second kappa shape index (κ2) is 9.28. The van der Waals surface area contributed by atoms with Crippen LogP contribution >= 0.6 is 11.8 Å². The van der Waals surface area contributed by atoms with Gasteiger partial charge in [0.15, 0.2) is 11.5 Å². The molecule has 28 heavy (non-hydrogen) atoms. The fourth-order valence-electron chi connectivity index (χ4n) is 2.77. The summed E-state index contributed by atoms with van der Waals surface area (Å²) >= 11 is 0.957. The molecule has 0 aromatic heterocycles. The van der Waals surface area contributed by atoms with Crippen molar-refractivity contribution in [2.45, 2.75) is 6.42 Å². The molecular weight excluding hydrogens is 374 g/mol. The van der Waals surface area contributed by atoms with Crippen LogP contribution in [0.15, 0.2) is 66.1 Å². The van der Waals surface area contributed by atoms with Crippen molar-refractivity contribution in [2.24, 2.45) is 0 Å². The van der Waals surface area contributed by atoms with Gasteiger partial charge in [-0.25, -0.2) is 0 Å². The quantitative estimate of drug-likeness (QED) is 0.485. The van der Waals surface area contributed by atoms with E-state index < -0.39 is 0 Å². The highest BCUT2D eigenvalue weighted by molar-refractivity contribution is 8.18. The van der Waals surface area contributed by atoms with E-state index in [1.807, 2.05) is 36.4 Å². The Kier molecular flexibility index (Phi) is 6.55. The summed E-state index contributed by atoms with van der Waals surface area (Å²) in [7, 11) is 1.55. The number of methoxy groups -OCH3 is 1. The van der Waals surface area contributed by atoms with E-state index >= 15 is 0 Å². The number of rotatable bonds is 8. The zero-order chi connectivity index (χ0) is 19.9. The number of carbonyl (C=O) groups is 2. The Morgan fingerprint density at radius 3 is 2.61 bits per heavy atom. The van der Waals surface area contributed by atoms with Gasteiger partial charge in [-0.15, -0.1) is 0 Å². The Balaban J connectivity index is 1.73. The Morgan fingerprint density at radius 2 is 1.89 bits per heavy atom. The van der Waals surface area contributed by atoms with Crippen molar-refractivity contribution < 1.29 is 19.1 Å².